The number of aromatic nitrogens is 1. The summed E-state index contributed by atoms with van der Waals surface area (Å²) in [7, 11) is 0. The average Bonchev–Trinajstić information content (AvgIpc) is 2.48. The monoisotopic (exact) mass is 336 g/mol. The normalized spacial score (nSPS) is 17.1. The number of thioether (sulfide) groups is 1. The summed E-state index contributed by atoms with van der Waals surface area (Å²) in [6, 6.07) is 9.29. The predicted molar refractivity (Wildman–Crippen MR) is 88.6 cm³/mol. The molecular weight excluding hydrogens is 324 g/mol. The topological polar surface area (TPSA) is 44.9 Å². The van der Waals surface area contributed by atoms with E-state index in [-0.39, 0.29) is 11.9 Å². The number of fused-ring (bicyclic) bond motifs is 1. The first kappa shape index (κ1) is 14.6. The molecule has 1 unspecified atom stereocenters. The van der Waals surface area contributed by atoms with Crippen LogP contribution in [0.25, 0.3) is 0 Å². The van der Waals surface area contributed by atoms with Crippen molar-refractivity contribution < 1.29 is 4.79 Å². The van der Waals surface area contributed by atoms with Gasteiger partial charge in [0.2, 0.25) is 0 Å². The summed E-state index contributed by atoms with van der Waals surface area (Å²) in [6.45, 7) is 0. The third-order valence-corrected chi connectivity index (χ3v) is 5.07. The first-order valence-electron chi connectivity index (χ1n) is 6.56. The number of hydrogen-bond acceptors (Lipinski definition) is 3. The molecule has 1 aromatic heterocycles. The summed E-state index contributed by atoms with van der Waals surface area (Å²) in [6.07, 6.45) is 2.60. The summed E-state index contributed by atoms with van der Waals surface area (Å²) < 4.78 is 0.450. The number of carbonyl (C=O) groups is 1. The lowest BCUT2D eigenvalue weighted by atomic mass is 10.0. The molecule has 0 saturated carbocycles. The Morgan fingerprint density at radius 3 is 3.10 bits per heavy atom. The number of H-pyrrole nitrogens is 1. The van der Waals surface area contributed by atoms with E-state index in [0.717, 1.165) is 17.7 Å². The van der Waals surface area contributed by atoms with Crippen LogP contribution >= 0.6 is 35.6 Å². The van der Waals surface area contributed by atoms with E-state index in [1.807, 2.05) is 18.2 Å². The van der Waals surface area contributed by atoms with E-state index in [1.54, 1.807) is 30.1 Å². The van der Waals surface area contributed by atoms with Crippen LogP contribution in [0.1, 0.15) is 28.4 Å². The third-order valence-electron chi connectivity index (χ3n) is 3.38. The number of nitrogens with one attached hydrogen (secondary N) is 2. The number of halogens is 1. The van der Waals surface area contributed by atoms with Gasteiger partial charge in [-0.05, 0) is 42.3 Å². The van der Waals surface area contributed by atoms with Crippen LogP contribution in [-0.4, -0.2) is 16.6 Å². The summed E-state index contributed by atoms with van der Waals surface area (Å²) in [5.74, 6) is 0.820. The fourth-order valence-electron chi connectivity index (χ4n) is 2.35. The number of amides is 1. The molecular formula is C15H13ClN2OS2. The number of benzene rings is 1. The number of carbonyl (C=O) groups excluding carboxylic acids is 1. The highest BCUT2D eigenvalue weighted by molar-refractivity contribution is 7.99. The van der Waals surface area contributed by atoms with Crippen molar-refractivity contribution in [3.8, 4) is 0 Å². The van der Waals surface area contributed by atoms with E-state index in [2.05, 4.69) is 10.3 Å². The van der Waals surface area contributed by atoms with E-state index in [1.165, 1.54) is 4.90 Å². The van der Waals surface area contributed by atoms with Crippen LogP contribution in [0, 0.1) is 4.64 Å². The Hall–Kier alpha value is -1.30. The van der Waals surface area contributed by atoms with Crippen molar-refractivity contribution in [2.24, 2.45) is 0 Å². The SMILES string of the molecule is O=C(NC1CCSc2ccc(Cl)cc21)c1ccc[nH]c1=S. The molecule has 0 saturated heterocycles. The average molecular weight is 337 g/mol. The van der Waals surface area contributed by atoms with Gasteiger partial charge in [-0.1, -0.05) is 23.8 Å². The van der Waals surface area contributed by atoms with Crippen LogP contribution in [0.15, 0.2) is 41.4 Å². The van der Waals surface area contributed by atoms with Crippen LogP contribution in [-0.2, 0) is 0 Å². The van der Waals surface area contributed by atoms with Gasteiger partial charge in [-0.15, -0.1) is 11.8 Å². The molecule has 0 bridgehead atoms. The van der Waals surface area contributed by atoms with Crippen molar-refractivity contribution >= 4 is 41.5 Å². The van der Waals surface area contributed by atoms with Gasteiger partial charge in [-0.2, -0.15) is 0 Å². The van der Waals surface area contributed by atoms with E-state index >= 15 is 0 Å². The van der Waals surface area contributed by atoms with Gasteiger partial charge in [0.15, 0.2) is 0 Å². The van der Waals surface area contributed by atoms with E-state index in [9.17, 15) is 4.79 Å². The maximum absolute atomic E-state index is 12.4. The van der Waals surface area contributed by atoms with Gasteiger partial charge in [0, 0.05) is 21.9 Å². The first-order chi connectivity index (χ1) is 10.1. The molecule has 0 aliphatic carbocycles. The largest absolute Gasteiger partial charge is 0.352 e. The Bertz CT molecular complexity index is 744. The molecule has 0 spiro atoms. The molecule has 0 radical (unpaired) electrons. The fraction of sp³-hybridized carbons (Fsp3) is 0.200. The fourth-order valence-corrected chi connectivity index (χ4v) is 3.87. The van der Waals surface area contributed by atoms with Crippen LogP contribution in [0.4, 0.5) is 0 Å². The highest BCUT2D eigenvalue weighted by Crippen LogP contribution is 2.37. The molecule has 1 amide bonds. The Labute approximate surface area is 137 Å². The van der Waals surface area contributed by atoms with Gasteiger partial charge < -0.3 is 10.3 Å². The van der Waals surface area contributed by atoms with Crippen molar-refractivity contribution in [2.75, 3.05) is 5.75 Å². The molecule has 1 aromatic carbocycles. The molecule has 0 fully saturated rings. The van der Waals surface area contributed by atoms with Crippen LogP contribution in [0.2, 0.25) is 5.02 Å². The molecule has 2 N–H and O–H groups in total. The van der Waals surface area contributed by atoms with Gasteiger partial charge in [-0.25, -0.2) is 0 Å². The number of aromatic amines is 1. The summed E-state index contributed by atoms with van der Waals surface area (Å²) >= 11 is 13.0. The molecule has 1 aliphatic rings. The van der Waals surface area contributed by atoms with Gasteiger partial charge in [0.05, 0.1) is 11.6 Å². The Morgan fingerprint density at radius 2 is 2.29 bits per heavy atom. The van der Waals surface area contributed by atoms with Crippen LogP contribution in [0.5, 0.6) is 0 Å². The smallest absolute Gasteiger partial charge is 0.254 e. The lowest BCUT2D eigenvalue weighted by molar-refractivity contribution is 0.0934. The number of pyridine rings is 1. The van der Waals surface area contributed by atoms with Crippen molar-refractivity contribution in [2.45, 2.75) is 17.4 Å². The third kappa shape index (κ3) is 3.15. The molecule has 1 aliphatic heterocycles. The number of hydrogen-bond donors (Lipinski definition) is 2. The molecule has 3 nitrogen and oxygen atoms in total. The van der Waals surface area contributed by atoms with Crippen molar-refractivity contribution in [1.82, 2.24) is 10.3 Å². The Balaban J connectivity index is 1.87. The highest BCUT2D eigenvalue weighted by atomic mass is 35.5. The van der Waals surface area contributed by atoms with Gasteiger partial charge in [0.25, 0.3) is 5.91 Å². The van der Waals surface area contributed by atoms with E-state index in [4.69, 9.17) is 23.8 Å². The lowest BCUT2D eigenvalue weighted by Gasteiger charge is -2.26. The molecule has 1 atom stereocenters. The minimum absolute atomic E-state index is 0.0259. The predicted octanol–water partition coefficient (Wildman–Crippen LogP) is 4.36. The molecule has 2 aromatic rings. The Morgan fingerprint density at radius 1 is 1.43 bits per heavy atom. The summed E-state index contributed by atoms with van der Waals surface area (Å²) in [5.41, 5.74) is 1.58. The second-order valence-electron chi connectivity index (χ2n) is 4.76. The van der Waals surface area contributed by atoms with Crippen molar-refractivity contribution in [3.05, 3.63) is 57.3 Å². The summed E-state index contributed by atoms with van der Waals surface area (Å²) in [5, 5.41) is 3.75. The molecule has 2 heterocycles. The standard InChI is InChI=1S/C15H13ClN2OS2/c16-9-3-4-13-11(8-9)12(5-7-21-13)18-14(19)10-2-1-6-17-15(10)20/h1-4,6,8,12H,5,7H2,(H,17,20)(H,18,19). The van der Waals surface area contributed by atoms with Gasteiger partial charge in [0.1, 0.15) is 4.64 Å². The van der Waals surface area contributed by atoms with Crippen molar-refractivity contribution in [1.29, 1.82) is 0 Å². The highest BCUT2D eigenvalue weighted by Gasteiger charge is 2.23. The zero-order chi connectivity index (χ0) is 14.8. The van der Waals surface area contributed by atoms with Crippen LogP contribution in [0.3, 0.4) is 0 Å². The molecule has 21 heavy (non-hydrogen) atoms. The van der Waals surface area contributed by atoms with Gasteiger partial charge >= 0.3 is 0 Å². The zero-order valence-corrected chi connectivity index (χ0v) is 13.4. The first-order valence-corrected chi connectivity index (χ1v) is 8.33. The molecule has 6 heteroatoms. The van der Waals surface area contributed by atoms with Gasteiger partial charge in [-0.3, -0.25) is 4.79 Å². The van der Waals surface area contributed by atoms with Crippen LogP contribution < -0.4 is 5.32 Å². The second kappa shape index (κ2) is 6.22. The Kier molecular flexibility index (Phi) is 4.33. The van der Waals surface area contributed by atoms with Crippen molar-refractivity contribution in [3.63, 3.8) is 0 Å². The molecule has 108 valence electrons. The zero-order valence-electron chi connectivity index (χ0n) is 11.1. The number of rotatable bonds is 2. The van der Waals surface area contributed by atoms with E-state index in [0.29, 0.717) is 15.2 Å². The lowest BCUT2D eigenvalue weighted by Crippen LogP contribution is -2.31. The van der Waals surface area contributed by atoms with E-state index < -0.39 is 0 Å². The summed E-state index contributed by atoms with van der Waals surface area (Å²) in [4.78, 5) is 16.4. The maximum atomic E-state index is 12.4. The minimum Gasteiger partial charge on any atom is -0.352 e. The quantitative estimate of drug-likeness (QED) is 0.801. The maximum Gasteiger partial charge on any atom is 0.254 e. The second-order valence-corrected chi connectivity index (χ2v) is 6.74. The molecule has 3 rings (SSSR count). The minimum atomic E-state index is -0.153.